The van der Waals surface area contributed by atoms with Crippen molar-refractivity contribution in [1.82, 2.24) is 14.5 Å². The van der Waals surface area contributed by atoms with E-state index < -0.39 is 10.2 Å². The number of aromatic nitrogens is 2. The first-order valence-corrected chi connectivity index (χ1v) is 9.81. The van der Waals surface area contributed by atoms with Crippen LogP contribution in [0.25, 0.3) is 0 Å². The lowest BCUT2D eigenvalue weighted by Gasteiger charge is -2.10. The zero-order valence-electron chi connectivity index (χ0n) is 14.8. The van der Waals surface area contributed by atoms with Crippen LogP contribution in [0.2, 0.25) is 0 Å². The third-order valence-corrected chi connectivity index (χ3v) is 4.98. The van der Waals surface area contributed by atoms with E-state index in [0.717, 1.165) is 22.5 Å². The van der Waals surface area contributed by atoms with Crippen molar-refractivity contribution in [2.75, 3.05) is 4.72 Å². The highest BCUT2D eigenvalue weighted by molar-refractivity contribution is 7.90. The molecule has 0 aliphatic rings. The Bertz CT molecular complexity index is 965. The van der Waals surface area contributed by atoms with Crippen molar-refractivity contribution in [2.24, 2.45) is 0 Å². The van der Waals surface area contributed by atoms with Crippen LogP contribution in [0, 0.1) is 13.8 Å². The van der Waals surface area contributed by atoms with Gasteiger partial charge >= 0.3 is 0 Å². The van der Waals surface area contributed by atoms with Gasteiger partial charge in [0, 0.05) is 17.9 Å². The molecule has 1 aromatic heterocycles. The van der Waals surface area contributed by atoms with E-state index in [9.17, 15) is 8.42 Å². The van der Waals surface area contributed by atoms with Crippen LogP contribution in [-0.2, 0) is 23.3 Å². The smallest absolute Gasteiger partial charge is 0.271 e. The van der Waals surface area contributed by atoms with Gasteiger partial charge in [-0.05, 0) is 43.2 Å². The van der Waals surface area contributed by atoms with E-state index >= 15 is 0 Å². The summed E-state index contributed by atoms with van der Waals surface area (Å²) in [5, 5.41) is 4.44. The van der Waals surface area contributed by atoms with Crippen molar-refractivity contribution in [3.63, 3.8) is 0 Å². The van der Waals surface area contributed by atoms with Gasteiger partial charge in [-0.15, -0.1) is 0 Å². The third kappa shape index (κ3) is 4.93. The maximum atomic E-state index is 12.2. The molecular weight excluding hydrogens is 348 g/mol. The van der Waals surface area contributed by atoms with E-state index in [4.69, 9.17) is 0 Å². The van der Waals surface area contributed by atoms with Crippen molar-refractivity contribution in [2.45, 2.75) is 26.9 Å². The molecule has 0 aliphatic heterocycles. The van der Waals surface area contributed by atoms with Crippen molar-refractivity contribution in [1.29, 1.82) is 0 Å². The van der Waals surface area contributed by atoms with Gasteiger partial charge in [-0.1, -0.05) is 42.5 Å². The minimum absolute atomic E-state index is 0.242. The molecule has 6 nitrogen and oxygen atoms in total. The zero-order chi connectivity index (χ0) is 18.6. The van der Waals surface area contributed by atoms with Crippen molar-refractivity contribution in [3.8, 4) is 0 Å². The molecule has 2 aromatic carbocycles. The van der Waals surface area contributed by atoms with Gasteiger partial charge < -0.3 is 0 Å². The fourth-order valence-electron chi connectivity index (χ4n) is 2.65. The highest BCUT2D eigenvalue weighted by atomic mass is 32.2. The number of benzene rings is 2. The molecule has 0 radical (unpaired) electrons. The van der Waals surface area contributed by atoms with Crippen LogP contribution >= 0.6 is 0 Å². The molecule has 0 saturated carbocycles. The minimum Gasteiger partial charge on any atom is -0.271 e. The molecule has 7 heteroatoms. The van der Waals surface area contributed by atoms with Gasteiger partial charge in [0.15, 0.2) is 0 Å². The molecule has 0 unspecified atom stereocenters. The first-order chi connectivity index (χ1) is 12.4. The fourth-order valence-corrected chi connectivity index (χ4v) is 3.53. The van der Waals surface area contributed by atoms with E-state index in [1.165, 1.54) is 0 Å². The highest BCUT2D eigenvalue weighted by Gasteiger charge is 2.10. The van der Waals surface area contributed by atoms with E-state index in [-0.39, 0.29) is 6.54 Å². The molecular formula is C19H22N4O2S. The summed E-state index contributed by atoms with van der Waals surface area (Å²) in [6.07, 6.45) is 0. The third-order valence-electron chi connectivity index (χ3n) is 3.95. The Hall–Kier alpha value is -2.64. The molecule has 0 aliphatic carbocycles. The van der Waals surface area contributed by atoms with E-state index in [0.29, 0.717) is 12.2 Å². The van der Waals surface area contributed by atoms with Crippen molar-refractivity contribution >= 4 is 15.9 Å². The second-order valence-corrected chi connectivity index (χ2v) is 7.69. The van der Waals surface area contributed by atoms with Gasteiger partial charge in [-0.2, -0.15) is 18.2 Å². The lowest BCUT2D eigenvalue weighted by atomic mass is 10.2. The van der Waals surface area contributed by atoms with Crippen LogP contribution in [0.1, 0.15) is 22.5 Å². The van der Waals surface area contributed by atoms with E-state index in [1.54, 1.807) is 12.1 Å². The molecule has 136 valence electrons. The molecule has 3 rings (SSSR count). The SMILES string of the molecule is Cc1cc(C)n(Cc2ccc(NS(=O)(=O)NCc3ccccc3)cc2)n1. The van der Waals surface area contributed by atoms with Crippen LogP contribution in [0.5, 0.6) is 0 Å². The number of nitrogens with one attached hydrogen (secondary N) is 2. The minimum atomic E-state index is -3.63. The number of aryl methyl sites for hydroxylation is 2. The summed E-state index contributed by atoms with van der Waals surface area (Å²) in [4.78, 5) is 0. The number of rotatable bonds is 7. The van der Waals surface area contributed by atoms with Gasteiger partial charge in [0.1, 0.15) is 0 Å². The molecule has 0 fully saturated rings. The normalized spacial score (nSPS) is 11.5. The summed E-state index contributed by atoms with van der Waals surface area (Å²) in [5.74, 6) is 0. The maximum absolute atomic E-state index is 12.2. The summed E-state index contributed by atoms with van der Waals surface area (Å²) < 4.78 is 31.3. The first-order valence-electron chi connectivity index (χ1n) is 8.33. The topological polar surface area (TPSA) is 76.0 Å². The summed E-state index contributed by atoms with van der Waals surface area (Å²) in [6.45, 7) is 4.87. The number of hydrogen-bond acceptors (Lipinski definition) is 3. The Morgan fingerprint density at radius 2 is 1.65 bits per heavy atom. The Balaban J connectivity index is 1.60. The van der Waals surface area contributed by atoms with Gasteiger partial charge in [-0.3, -0.25) is 9.40 Å². The molecule has 3 aromatic rings. The van der Waals surface area contributed by atoms with Gasteiger partial charge in [0.25, 0.3) is 10.2 Å². The second-order valence-electron chi connectivity index (χ2n) is 6.19. The lowest BCUT2D eigenvalue weighted by Crippen LogP contribution is -2.29. The second kappa shape index (κ2) is 7.72. The predicted molar refractivity (Wildman–Crippen MR) is 103 cm³/mol. The van der Waals surface area contributed by atoms with Crippen LogP contribution in [0.15, 0.2) is 60.7 Å². The van der Waals surface area contributed by atoms with E-state index in [2.05, 4.69) is 14.5 Å². The maximum Gasteiger partial charge on any atom is 0.299 e. The molecule has 0 atom stereocenters. The van der Waals surface area contributed by atoms with Crippen LogP contribution in [-0.4, -0.2) is 18.2 Å². The van der Waals surface area contributed by atoms with Crippen molar-refractivity contribution < 1.29 is 8.42 Å². The van der Waals surface area contributed by atoms with Gasteiger partial charge in [-0.25, -0.2) is 0 Å². The molecule has 1 heterocycles. The zero-order valence-corrected chi connectivity index (χ0v) is 15.6. The van der Waals surface area contributed by atoms with Crippen molar-refractivity contribution in [3.05, 3.63) is 83.2 Å². The van der Waals surface area contributed by atoms with E-state index in [1.807, 2.05) is 67.1 Å². The van der Waals surface area contributed by atoms with Gasteiger partial charge in [0.05, 0.1) is 12.2 Å². The Labute approximate surface area is 154 Å². The predicted octanol–water partition coefficient (Wildman–Crippen LogP) is 2.99. The lowest BCUT2D eigenvalue weighted by molar-refractivity contribution is 0.587. The largest absolute Gasteiger partial charge is 0.299 e. The standard InChI is InChI=1S/C19H22N4O2S/c1-15-12-16(2)23(21-15)14-18-8-10-19(11-9-18)22-26(24,25)20-13-17-6-4-3-5-7-17/h3-12,20,22H,13-14H2,1-2H3. The van der Waals surface area contributed by atoms with Crippen LogP contribution in [0.3, 0.4) is 0 Å². The monoisotopic (exact) mass is 370 g/mol. The first kappa shape index (κ1) is 18.2. The van der Waals surface area contributed by atoms with Gasteiger partial charge in [0.2, 0.25) is 0 Å². The Morgan fingerprint density at radius 3 is 2.27 bits per heavy atom. The number of nitrogens with zero attached hydrogens (tertiary/aromatic N) is 2. The average molecular weight is 370 g/mol. The Morgan fingerprint density at radius 1 is 0.962 bits per heavy atom. The molecule has 2 N–H and O–H groups in total. The van der Waals surface area contributed by atoms with Crippen LogP contribution < -0.4 is 9.44 Å². The average Bonchev–Trinajstić information content (AvgIpc) is 2.93. The fraction of sp³-hybridized carbons (Fsp3) is 0.211. The molecule has 0 saturated heterocycles. The van der Waals surface area contributed by atoms with Crippen LogP contribution in [0.4, 0.5) is 5.69 Å². The Kier molecular flexibility index (Phi) is 5.39. The molecule has 26 heavy (non-hydrogen) atoms. The molecule has 0 spiro atoms. The highest BCUT2D eigenvalue weighted by Crippen LogP contribution is 2.13. The molecule has 0 amide bonds. The summed E-state index contributed by atoms with van der Waals surface area (Å²) in [6, 6.07) is 18.7. The summed E-state index contributed by atoms with van der Waals surface area (Å²) in [7, 11) is -3.63. The number of anilines is 1. The summed E-state index contributed by atoms with van der Waals surface area (Å²) in [5.41, 5.74) is 4.55. The quantitative estimate of drug-likeness (QED) is 0.671. The summed E-state index contributed by atoms with van der Waals surface area (Å²) >= 11 is 0. The number of hydrogen-bond donors (Lipinski definition) is 2. The molecule has 0 bridgehead atoms.